The van der Waals surface area contributed by atoms with Crippen molar-refractivity contribution in [2.24, 2.45) is 0 Å². The first-order chi connectivity index (χ1) is 12.6. The second-order valence-electron chi connectivity index (χ2n) is 5.69. The highest BCUT2D eigenvalue weighted by molar-refractivity contribution is 9.10. The molecule has 1 aromatic heterocycles. The smallest absolute Gasteiger partial charge is 0.295 e. The van der Waals surface area contributed by atoms with E-state index in [-0.39, 0.29) is 17.0 Å². The molecule has 2 aromatic carbocycles. The summed E-state index contributed by atoms with van der Waals surface area (Å²) in [6.07, 6.45) is -2.26. The summed E-state index contributed by atoms with van der Waals surface area (Å²) in [5.41, 5.74) is 0.299. The molecule has 0 saturated carbocycles. The fourth-order valence-electron chi connectivity index (χ4n) is 2.58. The van der Waals surface area contributed by atoms with Crippen molar-refractivity contribution in [1.29, 1.82) is 0 Å². The molecule has 0 aliphatic rings. The zero-order valence-electron chi connectivity index (χ0n) is 13.6. The lowest BCUT2D eigenvalue weighted by Gasteiger charge is -2.07. The number of rotatable bonds is 4. The zero-order chi connectivity index (χ0) is 19.9. The van der Waals surface area contributed by atoms with Crippen LogP contribution in [-0.2, 0) is 9.84 Å². The number of imidazole rings is 1. The maximum Gasteiger partial charge on any atom is 0.295 e. The highest BCUT2D eigenvalue weighted by atomic mass is 79.9. The van der Waals surface area contributed by atoms with Crippen molar-refractivity contribution >= 4 is 25.8 Å². The van der Waals surface area contributed by atoms with Crippen molar-refractivity contribution in [2.75, 3.05) is 6.26 Å². The van der Waals surface area contributed by atoms with Gasteiger partial charge in [-0.25, -0.2) is 31.0 Å². The number of sulfone groups is 1. The largest absolute Gasteiger partial charge is 0.337 e. The molecule has 1 heterocycles. The minimum absolute atomic E-state index is 0.120. The van der Waals surface area contributed by atoms with Gasteiger partial charge in [0.25, 0.3) is 6.43 Å². The third-order valence-corrected chi connectivity index (χ3v) is 5.36. The zero-order valence-corrected chi connectivity index (χ0v) is 16.0. The van der Waals surface area contributed by atoms with E-state index in [2.05, 4.69) is 25.9 Å². The molecule has 0 saturated heterocycles. The lowest BCUT2D eigenvalue weighted by Crippen LogP contribution is -2.05. The highest BCUT2D eigenvalue weighted by Crippen LogP contribution is 2.35. The van der Waals surface area contributed by atoms with Crippen LogP contribution in [0.15, 0.2) is 45.8 Å². The number of benzene rings is 2. The minimum Gasteiger partial charge on any atom is -0.337 e. The van der Waals surface area contributed by atoms with E-state index < -0.39 is 38.6 Å². The monoisotopic (exact) mass is 462 g/mol. The van der Waals surface area contributed by atoms with Gasteiger partial charge in [0.15, 0.2) is 15.7 Å². The average Bonchev–Trinajstić information content (AvgIpc) is 2.99. The van der Waals surface area contributed by atoms with E-state index in [9.17, 15) is 26.0 Å². The lowest BCUT2D eigenvalue weighted by molar-refractivity contribution is 0.141. The van der Waals surface area contributed by atoms with Crippen LogP contribution in [0.3, 0.4) is 0 Å². The van der Waals surface area contributed by atoms with Crippen LogP contribution in [0.2, 0.25) is 0 Å². The Kier molecular flexibility index (Phi) is 5.13. The Morgan fingerprint density at radius 3 is 2.07 bits per heavy atom. The molecule has 0 unspecified atom stereocenters. The molecule has 27 heavy (non-hydrogen) atoms. The van der Waals surface area contributed by atoms with Crippen LogP contribution < -0.4 is 0 Å². The summed E-state index contributed by atoms with van der Waals surface area (Å²) in [6, 6.07) is 8.05. The van der Waals surface area contributed by atoms with Crippen LogP contribution in [-0.4, -0.2) is 24.6 Å². The van der Waals surface area contributed by atoms with Gasteiger partial charge in [-0.15, -0.1) is 0 Å². The number of hydrogen-bond acceptors (Lipinski definition) is 3. The second kappa shape index (κ2) is 7.08. The van der Waals surface area contributed by atoms with Gasteiger partial charge in [-0.1, -0.05) is 28.1 Å². The Bertz CT molecular complexity index is 1090. The molecule has 0 radical (unpaired) electrons. The summed E-state index contributed by atoms with van der Waals surface area (Å²) in [4.78, 5) is 5.13. The number of aromatic nitrogens is 2. The van der Waals surface area contributed by atoms with Gasteiger partial charge in [0, 0.05) is 21.9 Å². The predicted molar refractivity (Wildman–Crippen MR) is 95.1 cm³/mol. The molecule has 3 rings (SSSR count). The summed E-state index contributed by atoms with van der Waals surface area (Å²) in [5, 5.41) is 0. The first-order valence-corrected chi connectivity index (χ1v) is 10.1. The molecular formula is C17H11BrF4N2O2S. The Hall–Kier alpha value is -2.20. The number of nitrogens with zero attached hydrogens (tertiary/aromatic N) is 1. The number of aromatic amines is 1. The summed E-state index contributed by atoms with van der Waals surface area (Å²) in [6.45, 7) is 0. The first-order valence-electron chi connectivity index (χ1n) is 7.41. The van der Waals surface area contributed by atoms with Gasteiger partial charge < -0.3 is 4.98 Å². The SMILES string of the molecule is CS(=O)(=O)c1c(F)cc(-c2nc(C(F)F)[nH]c2-c2ccc(Br)cc2)cc1F. The van der Waals surface area contributed by atoms with Gasteiger partial charge in [-0.05, 0) is 24.3 Å². The van der Waals surface area contributed by atoms with Crippen molar-refractivity contribution < 1.29 is 26.0 Å². The number of H-pyrrole nitrogens is 1. The molecule has 0 spiro atoms. The van der Waals surface area contributed by atoms with Crippen LogP contribution in [0.25, 0.3) is 22.5 Å². The summed E-state index contributed by atoms with van der Waals surface area (Å²) >= 11 is 3.25. The Balaban J connectivity index is 2.24. The van der Waals surface area contributed by atoms with Crippen molar-refractivity contribution in [1.82, 2.24) is 9.97 Å². The van der Waals surface area contributed by atoms with Crippen LogP contribution >= 0.6 is 15.9 Å². The van der Waals surface area contributed by atoms with Gasteiger partial charge in [-0.2, -0.15) is 0 Å². The van der Waals surface area contributed by atoms with Gasteiger partial charge in [-0.3, -0.25) is 0 Å². The van der Waals surface area contributed by atoms with Gasteiger partial charge >= 0.3 is 0 Å². The Morgan fingerprint density at radius 1 is 1.04 bits per heavy atom. The third kappa shape index (κ3) is 3.91. The van der Waals surface area contributed by atoms with E-state index in [1.807, 2.05) is 0 Å². The fourth-order valence-corrected chi connectivity index (χ4v) is 3.67. The van der Waals surface area contributed by atoms with Crippen molar-refractivity contribution in [2.45, 2.75) is 11.3 Å². The molecule has 4 nitrogen and oxygen atoms in total. The average molecular weight is 463 g/mol. The summed E-state index contributed by atoms with van der Waals surface area (Å²) in [7, 11) is -4.14. The molecule has 142 valence electrons. The molecule has 1 N–H and O–H groups in total. The molecule has 0 amide bonds. The standard InChI is InChI=1S/C17H11BrF4N2O2S/c1-27(25,26)15-11(19)6-9(7-12(15)20)14-13(23-17(24-14)16(21)22)8-2-4-10(18)5-3-8/h2-7,16H,1H3,(H,23,24). The van der Waals surface area contributed by atoms with Gasteiger partial charge in [0.1, 0.15) is 16.5 Å². The van der Waals surface area contributed by atoms with E-state index in [4.69, 9.17) is 0 Å². The number of halogens is 5. The van der Waals surface area contributed by atoms with Crippen LogP contribution in [0.5, 0.6) is 0 Å². The van der Waals surface area contributed by atoms with Crippen molar-refractivity contribution in [3.63, 3.8) is 0 Å². The Morgan fingerprint density at radius 2 is 1.59 bits per heavy atom. The van der Waals surface area contributed by atoms with Crippen LogP contribution in [0.4, 0.5) is 17.6 Å². The van der Waals surface area contributed by atoms with E-state index in [1.54, 1.807) is 24.3 Å². The maximum atomic E-state index is 14.2. The maximum absolute atomic E-state index is 14.2. The molecule has 10 heteroatoms. The topological polar surface area (TPSA) is 62.8 Å². The minimum atomic E-state index is -4.14. The highest BCUT2D eigenvalue weighted by Gasteiger charge is 2.24. The quantitative estimate of drug-likeness (QED) is 0.546. The summed E-state index contributed by atoms with van der Waals surface area (Å²) in [5.74, 6) is -3.32. The van der Waals surface area contributed by atoms with E-state index >= 15 is 0 Å². The number of alkyl halides is 2. The Labute approximate surface area is 160 Å². The summed E-state index contributed by atoms with van der Waals surface area (Å²) < 4.78 is 78.5. The predicted octanol–water partition coefficient (Wildman–Crippen LogP) is 5.13. The normalized spacial score (nSPS) is 12.0. The number of nitrogens with one attached hydrogen (secondary N) is 1. The first kappa shape index (κ1) is 19.6. The van der Waals surface area contributed by atoms with Crippen molar-refractivity contribution in [3.8, 4) is 22.5 Å². The van der Waals surface area contributed by atoms with Crippen molar-refractivity contribution in [3.05, 3.63) is 58.3 Å². The van der Waals surface area contributed by atoms with E-state index in [0.29, 0.717) is 11.8 Å². The molecule has 0 fully saturated rings. The molecule has 0 atom stereocenters. The third-order valence-electron chi connectivity index (χ3n) is 3.70. The van der Waals surface area contributed by atoms with Gasteiger partial charge in [0.2, 0.25) is 0 Å². The second-order valence-corrected chi connectivity index (χ2v) is 8.56. The van der Waals surface area contributed by atoms with E-state index in [1.165, 1.54) is 0 Å². The van der Waals surface area contributed by atoms with Crippen LogP contribution in [0, 0.1) is 11.6 Å². The van der Waals surface area contributed by atoms with Gasteiger partial charge in [0.05, 0.1) is 11.4 Å². The molecule has 0 aliphatic heterocycles. The molecule has 3 aromatic rings. The van der Waals surface area contributed by atoms with E-state index in [0.717, 1.165) is 16.6 Å². The molecule has 0 bridgehead atoms. The fraction of sp³-hybridized carbons (Fsp3) is 0.118. The molecular weight excluding hydrogens is 452 g/mol. The van der Waals surface area contributed by atoms with Crippen LogP contribution in [0.1, 0.15) is 12.2 Å². The lowest BCUT2D eigenvalue weighted by atomic mass is 10.0. The number of hydrogen-bond donors (Lipinski definition) is 1. The molecule has 0 aliphatic carbocycles.